The number of piperidine rings is 1. The van der Waals surface area contributed by atoms with Crippen LogP contribution in [0.15, 0.2) is 12.4 Å². The van der Waals surface area contributed by atoms with E-state index in [1.807, 2.05) is 0 Å². The standard InChI is InChI=1S/C23H28N6O2Si/c1-32(2,3)11-8-17-13-25-21-20(27-17)18(14-26-21)22(30)28-19(16-4-5-16)23(31)29-9-6-15(12-24)7-10-29/h13-16,19H,4-7,9-10H2,1-3H3,(H,25,26)(H,28,30)/t19-/m1/s1. The monoisotopic (exact) mass is 448 g/mol. The highest BCUT2D eigenvalue weighted by Crippen LogP contribution is 2.34. The summed E-state index contributed by atoms with van der Waals surface area (Å²) in [6.45, 7) is 7.58. The van der Waals surface area contributed by atoms with Gasteiger partial charge in [0.1, 0.15) is 25.3 Å². The number of nitrogens with one attached hydrogen (secondary N) is 2. The number of nitriles is 1. The Bertz CT molecular complexity index is 1140. The number of aromatic nitrogens is 3. The molecule has 0 radical (unpaired) electrons. The van der Waals surface area contributed by atoms with Crippen molar-refractivity contribution in [2.24, 2.45) is 11.8 Å². The fourth-order valence-electron chi connectivity index (χ4n) is 3.83. The SMILES string of the molecule is C[Si](C)(C)C#Cc1cnc2[nH]cc(C(=O)N[C@@H](C(=O)N3CCC(C#N)CC3)C3CC3)c2n1. The Hall–Kier alpha value is -3.17. The summed E-state index contributed by atoms with van der Waals surface area (Å²) in [4.78, 5) is 40.0. The molecule has 166 valence electrons. The van der Waals surface area contributed by atoms with Crippen LogP contribution in [0.5, 0.6) is 0 Å². The van der Waals surface area contributed by atoms with Gasteiger partial charge in [0.05, 0.1) is 17.8 Å². The fourth-order valence-corrected chi connectivity index (χ4v) is 4.33. The molecule has 2 aromatic rings. The lowest BCUT2D eigenvalue weighted by atomic mass is 9.97. The zero-order chi connectivity index (χ0) is 22.9. The predicted molar refractivity (Wildman–Crippen MR) is 123 cm³/mol. The van der Waals surface area contributed by atoms with Gasteiger partial charge in [-0.25, -0.2) is 9.97 Å². The molecule has 1 atom stereocenters. The quantitative estimate of drug-likeness (QED) is 0.551. The summed E-state index contributed by atoms with van der Waals surface area (Å²) in [5.74, 6) is 2.87. The molecule has 0 aromatic carbocycles. The number of carbonyl (C=O) groups is 2. The molecular weight excluding hydrogens is 420 g/mol. The van der Waals surface area contributed by atoms with Crippen LogP contribution in [0.4, 0.5) is 0 Å². The molecule has 0 bridgehead atoms. The van der Waals surface area contributed by atoms with Crippen molar-refractivity contribution in [3.8, 4) is 17.5 Å². The van der Waals surface area contributed by atoms with Gasteiger partial charge in [0.2, 0.25) is 5.91 Å². The van der Waals surface area contributed by atoms with Crippen LogP contribution in [0.1, 0.15) is 41.7 Å². The lowest BCUT2D eigenvalue weighted by Gasteiger charge is -2.32. The van der Waals surface area contributed by atoms with Gasteiger partial charge < -0.3 is 15.2 Å². The highest BCUT2D eigenvalue weighted by atomic mass is 28.3. The van der Waals surface area contributed by atoms with Gasteiger partial charge in [-0.1, -0.05) is 25.6 Å². The van der Waals surface area contributed by atoms with Gasteiger partial charge in [-0.05, 0) is 31.6 Å². The summed E-state index contributed by atoms with van der Waals surface area (Å²) in [6, 6.07) is 1.74. The molecule has 2 amide bonds. The molecule has 3 heterocycles. The molecule has 2 aliphatic rings. The Morgan fingerprint density at radius 2 is 1.97 bits per heavy atom. The topological polar surface area (TPSA) is 115 Å². The van der Waals surface area contributed by atoms with Crippen molar-refractivity contribution in [1.29, 1.82) is 5.26 Å². The molecule has 2 aromatic heterocycles. The lowest BCUT2D eigenvalue weighted by molar-refractivity contribution is -0.135. The van der Waals surface area contributed by atoms with Gasteiger partial charge >= 0.3 is 0 Å². The van der Waals surface area contributed by atoms with E-state index in [0.29, 0.717) is 48.4 Å². The number of hydrogen-bond donors (Lipinski definition) is 2. The highest BCUT2D eigenvalue weighted by molar-refractivity contribution is 6.83. The minimum atomic E-state index is -1.57. The van der Waals surface area contributed by atoms with Gasteiger partial charge in [-0.3, -0.25) is 9.59 Å². The van der Waals surface area contributed by atoms with E-state index in [-0.39, 0.29) is 23.7 Å². The second-order valence-corrected chi connectivity index (χ2v) is 14.4. The number of H-pyrrole nitrogens is 1. The predicted octanol–water partition coefficient (Wildman–Crippen LogP) is 2.46. The van der Waals surface area contributed by atoms with Crippen molar-refractivity contribution in [2.45, 2.75) is 51.4 Å². The van der Waals surface area contributed by atoms with Crippen LogP contribution >= 0.6 is 0 Å². The van der Waals surface area contributed by atoms with Gasteiger partial charge in [0.25, 0.3) is 5.91 Å². The third kappa shape index (κ3) is 5.00. The summed E-state index contributed by atoms with van der Waals surface area (Å²) in [7, 11) is -1.57. The van der Waals surface area contributed by atoms with Crippen LogP contribution in [-0.2, 0) is 4.79 Å². The Labute approximate surface area is 188 Å². The van der Waals surface area contributed by atoms with Crippen molar-refractivity contribution in [2.75, 3.05) is 13.1 Å². The molecule has 4 rings (SSSR count). The second-order valence-electron chi connectivity index (χ2n) is 9.67. The molecule has 2 N–H and O–H groups in total. The molecule has 8 nitrogen and oxygen atoms in total. The van der Waals surface area contributed by atoms with Crippen LogP contribution in [0, 0.1) is 34.6 Å². The zero-order valence-corrected chi connectivity index (χ0v) is 19.7. The van der Waals surface area contributed by atoms with E-state index in [4.69, 9.17) is 5.26 Å². The van der Waals surface area contributed by atoms with Crippen molar-refractivity contribution < 1.29 is 9.59 Å². The van der Waals surface area contributed by atoms with Gasteiger partial charge in [-0.15, -0.1) is 5.54 Å². The van der Waals surface area contributed by atoms with E-state index in [2.05, 4.69) is 57.4 Å². The molecule has 1 aliphatic heterocycles. The molecule has 1 saturated carbocycles. The summed E-state index contributed by atoms with van der Waals surface area (Å²) < 4.78 is 0. The average Bonchev–Trinajstić information content (AvgIpc) is 3.53. The first-order valence-electron chi connectivity index (χ1n) is 11.1. The second kappa shape index (κ2) is 8.76. The largest absolute Gasteiger partial charge is 0.344 e. The Balaban J connectivity index is 1.52. The number of amides is 2. The maximum Gasteiger partial charge on any atom is 0.255 e. The van der Waals surface area contributed by atoms with Crippen LogP contribution < -0.4 is 5.32 Å². The van der Waals surface area contributed by atoms with Crippen LogP contribution in [-0.4, -0.2) is 58.9 Å². The maximum absolute atomic E-state index is 13.2. The van der Waals surface area contributed by atoms with Crippen LogP contribution in [0.2, 0.25) is 19.6 Å². The summed E-state index contributed by atoms with van der Waals surface area (Å²) in [6.07, 6.45) is 6.42. The van der Waals surface area contributed by atoms with Crippen molar-refractivity contribution >= 4 is 31.1 Å². The summed E-state index contributed by atoms with van der Waals surface area (Å²) in [5, 5.41) is 12.1. The minimum absolute atomic E-state index is 0.0102. The van der Waals surface area contributed by atoms with Gasteiger partial charge in [-0.2, -0.15) is 5.26 Å². The molecule has 9 heteroatoms. The molecule has 0 spiro atoms. The first-order chi connectivity index (χ1) is 15.2. The molecule has 1 aliphatic carbocycles. The molecule has 32 heavy (non-hydrogen) atoms. The van der Waals surface area contributed by atoms with Crippen LogP contribution in [0.3, 0.4) is 0 Å². The van der Waals surface area contributed by atoms with Gasteiger partial charge in [0.15, 0.2) is 5.65 Å². The number of likely N-dealkylation sites (tertiary alicyclic amines) is 1. The van der Waals surface area contributed by atoms with E-state index in [0.717, 1.165) is 12.8 Å². The first-order valence-corrected chi connectivity index (χ1v) is 14.6. The number of aromatic amines is 1. The van der Waals surface area contributed by atoms with E-state index in [9.17, 15) is 9.59 Å². The van der Waals surface area contributed by atoms with Gasteiger partial charge in [0, 0.05) is 25.2 Å². The third-order valence-corrected chi connectivity index (χ3v) is 6.70. The average molecular weight is 449 g/mol. The number of nitrogens with zero attached hydrogens (tertiary/aromatic N) is 4. The fraction of sp³-hybridized carbons (Fsp3) is 0.522. The minimum Gasteiger partial charge on any atom is -0.344 e. The number of rotatable bonds is 4. The van der Waals surface area contributed by atoms with E-state index < -0.39 is 14.1 Å². The Morgan fingerprint density at radius 1 is 1.25 bits per heavy atom. The van der Waals surface area contributed by atoms with E-state index >= 15 is 0 Å². The van der Waals surface area contributed by atoms with E-state index in [1.54, 1.807) is 17.3 Å². The van der Waals surface area contributed by atoms with Crippen molar-refractivity contribution in [3.05, 3.63) is 23.7 Å². The zero-order valence-electron chi connectivity index (χ0n) is 18.7. The van der Waals surface area contributed by atoms with E-state index in [1.165, 1.54) is 0 Å². The number of fused-ring (bicyclic) bond motifs is 1. The molecular formula is C23H28N6O2Si. The van der Waals surface area contributed by atoms with Crippen molar-refractivity contribution in [3.63, 3.8) is 0 Å². The molecule has 2 fully saturated rings. The summed E-state index contributed by atoms with van der Waals surface area (Å²) in [5.41, 5.74) is 5.14. The van der Waals surface area contributed by atoms with Crippen LogP contribution in [0.25, 0.3) is 11.2 Å². The van der Waals surface area contributed by atoms with Crippen molar-refractivity contribution in [1.82, 2.24) is 25.2 Å². The smallest absolute Gasteiger partial charge is 0.255 e. The number of hydrogen-bond acceptors (Lipinski definition) is 5. The third-order valence-electron chi connectivity index (χ3n) is 5.83. The maximum atomic E-state index is 13.2. The molecule has 0 unspecified atom stereocenters. The highest BCUT2D eigenvalue weighted by Gasteiger charge is 2.40. The number of carbonyl (C=O) groups excluding carboxylic acids is 2. The molecule has 1 saturated heterocycles. The summed E-state index contributed by atoms with van der Waals surface area (Å²) >= 11 is 0. The Morgan fingerprint density at radius 3 is 2.59 bits per heavy atom. The normalized spacial score (nSPS) is 17.9. The Kier molecular flexibility index (Phi) is 6.03. The lowest BCUT2D eigenvalue weighted by Crippen LogP contribution is -2.51. The first kappa shape index (κ1) is 22.0.